The van der Waals surface area contributed by atoms with Crippen molar-refractivity contribution in [2.45, 2.75) is 25.8 Å². The van der Waals surface area contributed by atoms with Crippen molar-refractivity contribution < 1.29 is 14.7 Å². The van der Waals surface area contributed by atoms with Crippen molar-refractivity contribution in [2.75, 3.05) is 18.2 Å². The minimum absolute atomic E-state index is 0.241. The van der Waals surface area contributed by atoms with Gasteiger partial charge in [0.25, 0.3) is 0 Å². The molecule has 2 rings (SSSR count). The topological polar surface area (TPSA) is 69.6 Å². The Kier molecular flexibility index (Phi) is 3.81. The van der Waals surface area contributed by atoms with Crippen molar-refractivity contribution in [3.63, 3.8) is 0 Å². The molecule has 0 aromatic heterocycles. The molecule has 2 fully saturated rings. The SMILES string of the molecule is CC(CNC(=O)N1CSC[C@H]1C(=O)O)C1CC1. The van der Waals surface area contributed by atoms with E-state index in [-0.39, 0.29) is 6.03 Å². The summed E-state index contributed by atoms with van der Waals surface area (Å²) in [6.07, 6.45) is 2.52. The van der Waals surface area contributed by atoms with Crippen molar-refractivity contribution >= 4 is 23.8 Å². The van der Waals surface area contributed by atoms with Crippen LogP contribution in [0.25, 0.3) is 0 Å². The Morgan fingerprint density at radius 1 is 1.53 bits per heavy atom. The predicted octanol–water partition coefficient (Wildman–Crippen LogP) is 1.20. The second-order valence-electron chi connectivity index (χ2n) is 4.82. The van der Waals surface area contributed by atoms with E-state index >= 15 is 0 Å². The number of nitrogens with zero attached hydrogens (tertiary/aromatic N) is 1. The van der Waals surface area contributed by atoms with Gasteiger partial charge in [-0.2, -0.15) is 0 Å². The molecule has 1 heterocycles. The Bertz CT molecular complexity index is 320. The summed E-state index contributed by atoms with van der Waals surface area (Å²) in [6.45, 7) is 2.78. The van der Waals surface area contributed by atoms with E-state index in [0.717, 1.165) is 5.92 Å². The molecule has 2 aliphatic rings. The van der Waals surface area contributed by atoms with Gasteiger partial charge in [0.2, 0.25) is 0 Å². The fourth-order valence-electron chi connectivity index (χ4n) is 2.03. The van der Waals surface area contributed by atoms with Crippen LogP contribution < -0.4 is 5.32 Å². The maximum atomic E-state index is 11.8. The number of aliphatic carboxylic acids is 1. The molecule has 1 unspecified atom stereocenters. The van der Waals surface area contributed by atoms with Crippen LogP contribution in [0.3, 0.4) is 0 Å². The summed E-state index contributed by atoms with van der Waals surface area (Å²) in [4.78, 5) is 24.2. The lowest BCUT2D eigenvalue weighted by molar-refractivity contribution is -0.140. The third-order valence-electron chi connectivity index (χ3n) is 3.43. The zero-order valence-electron chi connectivity index (χ0n) is 9.89. The monoisotopic (exact) mass is 258 g/mol. The minimum Gasteiger partial charge on any atom is -0.480 e. The number of rotatable bonds is 4. The van der Waals surface area contributed by atoms with E-state index in [9.17, 15) is 9.59 Å². The van der Waals surface area contributed by atoms with Crippen molar-refractivity contribution in [3.05, 3.63) is 0 Å². The maximum absolute atomic E-state index is 11.8. The summed E-state index contributed by atoms with van der Waals surface area (Å²) in [7, 11) is 0. The largest absolute Gasteiger partial charge is 0.480 e. The standard InChI is InChI=1S/C11H18N2O3S/c1-7(8-2-3-8)4-12-11(16)13-6-17-5-9(13)10(14)15/h7-9H,2-6H2,1H3,(H,12,16)(H,14,15)/t7?,9-/m0/s1. The van der Waals surface area contributed by atoms with Gasteiger partial charge in [0.1, 0.15) is 6.04 Å². The number of carbonyl (C=O) groups is 2. The van der Waals surface area contributed by atoms with E-state index in [1.807, 2.05) is 0 Å². The molecule has 0 aromatic carbocycles. The number of amides is 2. The van der Waals surface area contributed by atoms with Gasteiger partial charge in [-0.15, -0.1) is 11.8 Å². The Labute approximate surface area is 105 Å². The van der Waals surface area contributed by atoms with E-state index in [1.165, 1.54) is 29.5 Å². The Morgan fingerprint density at radius 2 is 2.24 bits per heavy atom. The molecular formula is C11H18N2O3S. The minimum atomic E-state index is -0.916. The normalized spacial score (nSPS) is 25.7. The molecule has 0 aromatic rings. The van der Waals surface area contributed by atoms with Gasteiger partial charge in [-0.05, 0) is 24.7 Å². The number of nitrogens with one attached hydrogen (secondary N) is 1. The fourth-order valence-corrected chi connectivity index (χ4v) is 3.17. The summed E-state index contributed by atoms with van der Waals surface area (Å²) in [6, 6.07) is -0.911. The van der Waals surface area contributed by atoms with Crippen molar-refractivity contribution in [1.82, 2.24) is 10.2 Å². The molecule has 0 radical (unpaired) electrons. The van der Waals surface area contributed by atoms with Crippen LogP contribution >= 0.6 is 11.8 Å². The number of hydrogen-bond donors (Lipinski definition) is 2. The van der Waals surface area contributed by atoms with Gasteiger partial charge in [-0.3, -0.25) is 0 Å². The first kappa shape index (κ1) is 12.5. The highest BCUT2D eigenvalue weighted by Gasteiger charge is 2.35. The average Bonchev–Trinajstić information content (AvgIpc) is 3.02. The van der Waals surface area contributed by atoms with Crippen LogP contribution in [0, 0.1) is 11.8 Å². The second kappa shape index (κ2) is 5.16. The lowest BCUT2D eigenvalue weighted by Crippen LogP contribution is -2.47. The number of thioether (sulfide) groups is 1. The molecule has 96 valence electrons. The van der Waals surface area contributed by atoms with E-state index in [0.29, 0.717) is 24.1 Å². The number of hydrogen-bond acceptors (Lipinski definition) is 3. The molecule has 2 amide bonds. The Balaban J connectivity index is 1.80. The van der Waals surface area contributed by atoms with Crippen molar-refractivity contribution in [3.8, 4) is 0 Å². The van der Waals surface area contributed by atoms with Crippen LogP contribution in [-0.2, 0) is 4.79 Å². The van der Waals surface area contributed by atoms with E-state index in [4.69, 9.17) is 5.11 Å². The summed E-state index contributed by atoms with van der Waals surface area (Å²) in [5.74, 6) is 1.29. The first-order chi connectivity index (χ1) is 8.09. The van der Waals surface area contributed by atoms with Crippen LogP contribution in [0.1, 0.15) is 19.8 Å². The van der Waals surface area contributed by atoms with Crippen LogP contribution in [0.2, 0.25) is 0 Å². The zero-order valence-corrected chi connectivity index (χ0v) is 10.7. The quantitative estimate of drug-likeness (QED) is 0.795. The van der Waals surface area contributed by atoms with E-state index < -0.39 is 12.0 Å². The molecule has 17 heavy (non-hydrogen) atoms. The fraction of sp³-hybridized carbons (Fsp3) is 0.818. The van der Waals surface area contributed by atoms with Gasteiger partial charge in [0.05, 0.1) is 5.88 Å². The summed E-state index contributed by atoms with van der Waals surface area (Å²) in [5, 5.41) is 11.8. The van der Waals surface area contributed by atoms with Gasteiger partial charge >= 0.3 is 12.0 Å². The summed E-state index contributed by atoms with van der Waals surface area (Å²) in [5.41, 5.74) is 0. The van der Waals surface area contributed by atoms with Gasteiger partial charge in [-0.1, -0.05) is 6.92 Å². The van der Waals surface area contributed by atoms with Crippen LogP contribution in [0.5, 0.6) is 0 Å². The third kappa shape index (κ3) is 3.06. The molecule has 1 aliphatic carbocycles. The molecular weight excluding hydrogens is 240 g/mol. The summed E-state index contributed by atoms with van der Waals surface area (Å²) >= 11 is 1.48. The van der Waals surface area contributed by atoms with Gasteiger partial charge in [0, 0.05) is 12.3 Å². The van der Waals surface area contributed by atoms with Crippen LogP contribution in [0.4, 0.5) is 4.79 Å². The smallest absolute Gasteiger partial charge is 0.327 e. The van der Waals surface area contributed by atoms with Gasteiger partial charge < -0.3 is 15.3 Å². The van der Waals surface area contributed by atoms with E-state index in [1.54, 1.807) is 0 Å². The average molecular weight is 258 g/mol. The molecule has 1 aliphatic heterocycles. The first-order valence-corrected chi connectivity index (χ1v) is 7.10. The highest BCUT2D eigenvalue weighted by Crippen LogP contribution is 2.36. The van der Waals surface area contributed by atoms with E-state index in [2.05, 4.69) is 12.2 Å². The van der Waals surface area contributed by atoms with Gasteiger partial charge in [0.15, 0.2) is 0 Å². The molecule has 0 bridgehead atoms. The Morgan fingerprint density at radius 3 is 2.82 bits per heavy atom. The van der Waals surface area contributed by atoms with Crippen LogP contribution in [0.15, 0.2) is 0 Å². The van der Waals surface area contributed by atoms with Crippen molar-refractivity contribution in [1.29, 1.82) is 0 Å². The maximum Gasteiger partial charge on any atom is 0.327 e. The molecule has 6 heteroatoms. The number of carboxylic acid groups (broad SMARTS) is 1. The molecule has 2 N–H and O–H groups in total. The zero-order chi connectivity index (χ0) is 12.4. The molecule has 5 nitrogen and oxygen atoms in total. The number of urea groups is 1. The third-order valence-corrected chi connectivity index (χ3v) is 4.44. The Hall–Kier alpha value is -0.910. The highest BCUT2D eigenvalue weighted by molar-refractivity contribution is 7.99. The molecule has 1 saturated carbocycles. The van der Waals surface area contributed by atoms with Crippen LogP contribution in [-0.4, -0.2) is 46.2 Å². The molecule has 2 atom stereocenters. The lowest BCUT2D eigenvalue weighted by atomic mass is 10.1. The number of carboxylic acids is 1. The molecule has 1 saturated heterocycles. The van der Waals surface area contributed by atoms with Gasteiger partial charge in [-0.25, -0.2) is 9.59 Å². The lowest BCUT2D eigenvalue weighted by Gasteiger charge is -2.22. The summed E-state index contributed by atoms with van der Waals surface area (Å²) < 4.78 is 0. The first-order valence-electron chi connectivity index (χ1n) is 5.94. The molecule has 0 spiro atoms. The number of carbonyl (C=O) groups excluding carboxylic acids is 1. The highest BCUT2D eigenvalue weighted by atomic mass is 32.2. The second-order valence-corrected chi connectivity index (χ2v) is 5.82. The predicted molar refractivity (Wildman–Crippen MR) is 65.9 cm³/mol. The van der Waals surface area contributed by atoms with Crippen molar-refractivity contribution in [2.24, 2.45) is 11.8 Å².